The molecule has 20 heavy (non-hydrogen) atoms. The van der Waals surface area contributed by atoms with Crippen molar-refractivity contribution in [2.45, 2.75) is 27.1 Å². The van der Waals surface area contributed by atoms with E-state index in [-0.39, 0.29) is 0 Å². The Balaban J connectivity index is 1.84. The van der Waals surface area contributed by atoms with Gasteiger partial charge in [0.05, 0.1) is 0 Å². The fraction of sp³-hybridized carbons (Fsp3) is 0.222. The maximum atomic E-state index is 5.73. The Morgan fingerprint density at radius 1 is 0.650 bits per heavy atom. The van der Waals surface area contributed by atoms with Crippen LogP contribution in [0.1, 0.15) is 25.0 Å². The predicted octanol–water partition coefficient (Wildman–Crippen LogP) is 4.67. The lowest BCUT2D eigenvalue weighted by Gasteiger charge is -2.12. The predicted molar refractivity (Wildman–Crippen MR) is 80.8 cm³/mol. The topological polar surface area (TPSA) is 18.5 Å². The van der Waals surface area contributed by atoms with Crippen molar-refractivity contribution in [3.8, 4) is 0 Å². The van der Waals surface area contributed by atoms with Crippen LogP contribution in [0.2, 0.25) is 0 Å². The molecule has 0 aromatic heterocycles. The second-order valence-electron chi connectivity index (χ2n) is 4.66. The first-order valence-electron chi connectivity index (χ1n) is 6.76. The number of allylic oxidation sites excluding steroid dienone is 2. The van der Waals surface area contributed by atoms with Crippen molar-refractivity contribution in [1.82, 2.24) is 0 Å². The third kappa shape index (κ3) is 4.47. The van der Waals surface area contributed by atoms with Crippen LogP contribution in [0.3, 0.4) is 0 Å². The van der Waals surface area contributed by atoms with Gasteiger partial charge in [0.25, 0.3) is 0 Å². The summed E-state index contributed by atoms with van der Waals surface area (Å²) < 4.78 is 11.5. The molecule has 0 N–H and O–H groups in total. The minimum atomic E-state index is 0.568. The van der Waals surface area contributed by atoms with E-state index in [9.17, 15) is 0 Å². The van der Waals surface area contributed by atoms with Crippen LogP contribution in [0.5, 0.6) is 0 Å². The molecule has 0 atom stereocenters. The highest BCUT2D eigenvalue weighted by Gasteiger charge is 2.01. The summed E-state index contributed by atoms with van der Waals surface area (Å²) in [6.07, 6.45) is 0. The zero-order valence-electron chi connectivity index (χ0n) is 12.0. The molecule has 0 saturated carbocycles. The van der Waals surface area contributed by atoms with Crippen LogP contribution in [-0.2, 0) is 22.7 Å². The quantitative estimate of drug-likeness (QED) is 0.709. The summed E-state index contributed by atoms with van der Waals surface area (Å²) in [6, 6.07) is 20.2. The van der Waals surface area contributed by atoms with Gasteiger partial charge in [0.2, 0.25) is 0 Å². The highest BCUT2D eigenvalue weighted by molar-refractivity contribution is 5.15. The first kappa shape index (κ1) is 14.2. The molecule has 0 fully saturated rings. The fourth-order valence-corrected chi connectivity index (χ4v) is 1.73. The molecule has 2 rings (SSSR count). The van der Waals surface area contributed by atoms with E-state index in [4.69, 9.17) is 9.47 Å². The summed E-state index contributed by atoms with van der Waals surface area (Å²) in [4.78, 5) is 0. The molecular formula is C18H20O2. The van der Waals surface area contributed by atoms with E-state index in [1.165, 1.54) is 0 Å². The number of rotatable bonds is 6. The first-order chi connectivity index (χ1) is 9.75. The number of hydrogen-bond donors (Lipinski definition) is 0. The van der Waals surface area contributed by atoms with Gasteiger partial charge in [-0.3, -0.25) is 0 Å². The van der Waals surface area contributed by atoms with Gasteiger partial charge in [-0.25, -0.2) is 0 Å². The lowest BCUT2D eigenvalue weighted by Crippen LogP contribution is -1.97. The van der Waals surface area contributed by atoms with Crippen LogP contribution in [0, 0.1) is 0 Å². The van der Waals surface area contributed by atoms with Gasteiger partial charge in [-0.05, 0) is 25.0 Å². The molecule has 0 aliphatic carbocycles. The lowest BCUT2D eigenvalue weighted by atomic mass is 10.2. The van der Waals surface area contributed by atoms with Crippen LogP contribution in [-0.4, -0.2) is 0 Å². The Labute approximate surface area is 120 Å². The molecule has 104 valence electrons. The number of hydrogen-bond acceptors (Lipinski definition) is 2. The molecule has 2 aromatic rings. The third-order valence-corrected chi connectivity index (χ3v) is 3.09. The molecule has 2 heteroatoms. The van der Waals surface area contributed by atoms with Crippen molar-refractivity contribution < 1.29 is 9.47 Å². The molecule has 0 aliphatic heterocycles. The minimum Gasteiger partial charge on any atom is -0.490 e. The summed E-state index contributed by atoms with van der Waals surface area (Å²) in [5.74, 6) is 1.65. The number of benzene rings is 2. The smallest absolute Gasteiger partial charge is 0.131 e. The van der Waals surface area contributed by atoms with Gasteiger partial charge < -0.3 is 9.47 Å². The van der Waals surface area contributed by atoms with Crippen LogP contribution in [0.25, 0.3) is 0 Å². The van der Waals surface area contributed by atoms with Gasteiger partial charge in [-0.15, -0.1) is 0 Å². The van der Waals surface area contributed by atoms with Gasteiger partial charge >= 0.3 is 0 Å². The molecular weight excluding hydrogens is 248 g/mol. The van der Waals surface area contributed by atoms with Crippen LogP contribution in [0.4, 0.5) is 0 Å². The summed E-state index contributed by atoms with van der Waals surface area (Å²) in [5, 5.41) is 0. The van der Waals surface area contributed by atoms with Crippen molar-refractivity contribution in [2.75, 3.05) is 0 Å². The second-order valence-corrected chi connectivity index (χ2v) is 4.66. The van der Waals surface area contributed by atoms with Gasteiger partial charge in [-0.2, -0.15) is 0 Å². The molecule has 0 unspecified atom stereocenters. The average Bonchev–Trinajstić information content (AvgIpc) is 2.52. The molecule has 0 spiro atoms. The van der Waals surface area contributed by atoms with Gasteiger partial charge in [0.1, 0.15) is 24.7 Å². The average molecular weight is 268 g/mol. The number of ether oxygens (including phenoxy) is 2. The summed E-state index contributed by atoms with van der Waals surface area (Å²) in [5.41, 5.74) is 2.31. The van der Waals surface area contributed by atoms with E-state index < -0.39 is 0 Å². The van der Waals surface area contributed by atoms with Gasteiger partial charge in [0.15, 0.2) is 0 Å². The van der Waals surface area contributed by atoms with E-state index in [1.54, 1.807) is 0 Å². The molecule has 2 aromatic carbocycles. The summed E-state index contributed by atoms with van der Waals surface area (Å²) in [6.45, 7) is 5.00. The van der Waals surface area contributed by atoms with E-state index in [0.717, 1.165) is 22.6 Å². The molecule has 0 radical (unpaired) electrons. The van der Waals surface area contributed by atoms with Crippen molar-refractivity contribution in [2.24, 2.45) is 0 Å². The highest BCUT2D eigenvalue weighted by atomic mass is 16.5. The van der Waals surface area contributed by atoms with Gasteiger partial charge in [-0.1, -0.05) is 60.7 Å². The zero-order chi connectivity index (χ0) is 14.2. The monoisotopic (exact) mass is 268 g/mol. The Hall–Kier alpha value is -2.22. The minimum absolute atomic E-state index is 0.568. The molecule has 0 saturated heterocycles. The maximum absolute atomic E-state index is 5.73. The molecule has 2 nitrogen and oxygen atoms in total. The normalized spacial score (nSPS) is 11.7. The van der Waals surface area contributed by atoms with Crippen molar-refractivity contribution in [1.29, 1.82) is 0 Å². The zero-order valence-corrected chi connectivity index (χ0v) is 12.0. The summed E-state index contributed by atoms with van der Waals surface area (Å²) >= 11 is 0. The van der Waals surface area contributed by atoms with Gasteiger partial charge in [0, 0.05) is 0 Å². The van der Waals surface area contributed by atoms with Crippen molar-refractivity contribution in [3.63, 3.8) is 0 Å². The van der Waals surface area contributed by atoms with E-state index in [0.29, 0.717) is 13.2 Å². The second kappa shape index (κ2) is 7.39. The Morgan fingerprint density at radius 3 is 1.35 bits per heavy atom. The Morgan fingerprint density at radius 2 is 1.00 bits per heavy atom. The first-order valence-corrected chi connectivity index (χ1v) is 6.76. The van der Waals surface area contributed by atoms with Crippen LogP contribution < -0.4 is 0 Å². The van der Waals surface area contributed by atoms with Crippen LogP contribution >= 0.6 is 0 Å². The van der Waals surface area contributed by atoms with Crippen LogP contribution in [0.15, 0.2) is 72.2 Å². The Kier molecular flexibility index (Phi) is 5.24. The fourth-order valence-electron chi connectivity index (χ4n) is 1.73. The Bertz CT molecular complexity index is 493. The van der Waals surface area contributed by atoms with E-state index in [1.807, 2.05) is 74.5 Å². The summed E-state index contributed by atoms with van der Waals surface area (Å²) in [7, 11) is 0. The maximum Gasteiger partial charge on any atom is 0.131 e. The molecule has 0 bridgehead atoms. The standard InChI is InChI=1S/C18H20O2/c1-15(19-13-17-9-5-3-6-10-17)16(2)20-14-18-11-7-4-8-12-18/h3-12H,13-14H2,1-2H3/b16-15-. The molecule has 0 aliphatic rings. The molecule has 0 heterocycles. The molecule has 0 amide bonds. The third-order valence-electron chi connectivity index (χ3n) is 3.09. The van der Waals surface area contributed by atoms with Crippen molar-refractivity contribution >= 4 is 0 Å². The SMILES string of the molecule is C/C(OCc1ccccc1)=C(\C)OCc1ccccc1. The van der Waals surface area contributed by atoms with E-state index >= 15 is 0 Å². The van der Waals surface area contributed by atoms with E-state index in [2.05, 4.69) is 0 Å². The largest absolute Gasteiger partial charge is 0.490 e. The van der Waals surface area contributed by atoms with Crippen molar-refractivity contribution in [3.05, 3.63) is 83.3 Å². The highest BCUT2D eigenvalue weighted by Crippen LogP contribution is 2.12. The lowest BCUT2D eigenvalue weighted by molar-refractivity contribution is 0.141.